The molecule has 0 saturated carbocycles. The van der Waals surface area contributed by atoms with Crippen molar-refractivity contribution in [3.63, 3.8) is 0 Å². The molecule has 1 aromatic rings. The highest BCUT2D eigenvalue weighted by Crippen LogP contribution is 2.16. The summed E-state index contributed by atoms with van der Waals surface area (Å²) in [4.78, 5) is 18.3. The maximum atomic E-state index is 11.4. The zero-order valence-electron chi connectivity index (χ0n) is 12.9. The zero-order valence-corrected chi connectivity index (χ0v) is 16.0. The molecule has 0 aliphatic rings. The van der Waals surface area contributed by atoms with Crippen LogP contribution in [0.25, 0.3) is 0 Å². The molecule has 1 rings (SSSR count). The minimum absolute atomic E-state index is 0. The summed E-state index contributed by atoms with van der Waals surface area (Å²) in [5.41, 5.74) is 0. The number of aryl methyl sites for hydroxylation is 1. The van der Waals surface area contributed by atoms with Gasteiger partial charge in [0.25, 0.3) is 0 Å². The van der Waals surface area contributed by atoms with Crippen molar-refractivity contribution < 1.29 is 4.79 Å². The molecule has 21 heavy (non-hydrogen) atoms. The summed E-state index contributed by atoms with van der Waals surface area (Å²) >= 11 is 1.80. The van der Waals surface area contributed by atoms with Gasteiger partial charge in [0.1, 0.15) is 6.54 Å². The standard InChI is InChI=1S/C14H24N4OS.HI/c1-4-11-7-8-12(20-11)9-17-14(16-6-3)18-10-13(19)15-5-2;/h7-8H,4-6,9-10H2,1-3H3,(H,15,19)(H2,16,17,18);1H. The highest BCUT2D eigenvalue weighted by Gasteiger charge is 2.03. The number of halogens is 1. The van der Waals surface area contributed by atoms with Gasteiger partial charge in [0.2, 0.25) is 5.91 Å². The van der Waals surface area contributed by atoms with Gasteiger partial charge in [0.05, 0.1) is 6.54 Å². The van der Waals surface area contributed by atoms with E-state index in [4.69, 9.17) is 0 Å². The molecule has 1 aromatic heterocycles. The zero-order chi connectivity index (χ0) is 14.8. The van der Waals surface area contributed by atoms with Crippen LogP contribution in [0, 0.1) is 0 Å². The lowest BCUT2D eigenvalue weighted by Gasteiger charge is -2.10. The van der Waals surface area contributed by atoms with Crippen LogP contribution in [-0.4, -0.2) is 31.5 Å². The molecule has 5 nitrogen and oxygen atoms in total. The Morgan fingerprint density at radius 1 is 1.10 bits per heavy atom. The summed E-state index contributed by atoms with van der Waals surface area (Å²) < 4.78 is 0. The van der Waals surface area contributed by atoms with Crippen molar-refractivity contribution in [1.82, 2.24) is 16.0 Å². The summed E-state index contributed by atoms with van der Waals surface area (Å²) in [6.45, 7) is 8.33. The van der Waals surface area contributed by atoms with Crippen LogP contribution >= 0.6 is 35.3 Å². The van der Waals surface area contributed by atoms with Gasteiger partial charge in [-0.1, -0.05) is 6.92 Å². The van der Waals surface area contributed by atoms with E-state index in [-0.39, 0.29) is 36.4 Å². The van der Waals surface area contributed by atoms with Gasteiger partial charge in [0, 0.05) is 22.8 Å². The van der Waals surface area contributed by atoms with E-state index in [0.29, 0.717) is 12.5 Å². The molecule has 1 amide bonds. The molecular weight excluding hydrogens is 399 g/mol. The van der Waals surface area contributed by atoms with Crippen molar-refractivity contribution in [3.8, 4) is 0 Å². The van der Waals surface area contributed by atoms with Gasteiger partial charge >= 0.3 is 0 Å². The molecule has 0 saturated heterocycles. The highest BCUT2D eigenvalue weighted by atomic mass is 127. The summed E-state index contributed by atoms with van der Waals surface area (Å²) in [6, 6.07) is 4.28. The largest absolute Gasteiger partial charge is 0.357 e. The molecule has 0 unspecified atom stereocenters. The molecular formula is C14H25IN4OS. The fourth-order valence-electron chi connectivity index (χ4n) is 1.62. The number of nitrogens with one attached hydrogen (secondary N) is 3. The topological polar surface area (TPSA) is 65.5 Å². The van der Waals surface area contributed by atoms with Crippen LogP contribution in [0.15, 0.2) is 17.1 Å². The predicted octanol–water partition coefficient (Wildman–Crippen LogP) is 2.12. The van der Waals surface area contributed by atoms with Gasteiger partial charge in [-0.3, -0.25) is 4.79 Å². The number of thiophene rings is 1. The molecule has 3 N–H and O–H groups in total. The van der Waals surface area contributed by atoms with Crippen LogP contribution in [0.5, 0.6) is 0 Å². The second-order valence-electron chi connectivity index (χ2n) is 4.22. The Bertz CT molecular complexity index is 448. The molecule has 0 aromatic carbocycles. The summed E-state index contributed by atoms with van der Waals surface area (Å²) in [5.74, 6) is 0.610. The Kier molecular flexibility index (Phi) is 11.3. The van der Waals surface area contributed by atoms with Crippen molar-refractivity contribution in [1.29, 1.82) is 0 Å². The highest BCUT2D eigenvalue weighted by molar-refractivity contribution is 14.0. The van der Waals surface area contributed by atoms with Crippen molar-refractivity contribution in [2.45, 2.75) is 33.7 Å². The Morgan fingerprint density at radius 2 is 1.76 bits per heavy atom. The quantitative estimate of drug-likeness (QED) is 0.357. The molecule has 1 heterocycles. The van der Waals surface area contributed by atoms with Crippen LogP contribution in [0.3, 0.4) is 0 Å². The van der Waals surface area contributed by atoms with Crippen molar-refractivity contribution in [3.05, 3.63) is 21.9 Å². The normalized spacial score (nSPS) is 10.7. The van der Waals surface area contributed by atoms with E-state index in [1.165, 1.54) is 9.75 Å². The van der Waals surface area contributed by atoms with Gasteiger partial charge in [-0.2, -0.15) is 0 Å². The predicted molar refractivity (Wildman–Crippen MR) is 101 cm³/mol. The average molecular weight is 424 g/mol. The number of carbonyl (C=O) groups excluding carboxylic acids is 1. The second-order valence-corrected chi connectivity index (χ2v) is 5.48. The smallest absolute Gasteiger partial charge is 0.241 e. The van der Waals surface area contributed by atoms with Gasteiger partial charge in [0.15, 0.2) is 5.96 Å². The van der Waals surface area contributed by atoms with E-state index < -0.39 is 0 Å². The van der Waals surface area contributed by atoms with E-state index >= 15 is 0 Å². The fourth-order valence-corrected chi connectivity index (χ4v) is 2.52. The van der Waals surface area contributed by atoms with Crippen LogP contribution in [0.1, 0.15) is 30.5 Å². The molecule has 0 aliphatic carbocycles. The Hall–Kier alpha value is -0.830. The van der Waals surface area contributed by atoms with Crippen LogP contribution in [0.4, 0.5) is 0 Å². The van der Waals surface area contributed by atoms with Gasteiger partial charge < -0.3 is 16.0 Å². The van der Waals surface area contributed by atoms with Crippen LogP contribution in [0.2, 0.25) is 0 Å². The number of hydrogen-bond acceptors (Lipinski definition) is 3. The number of rotatable bonds is 7. The Labute approximate surface area is 148 Å². The Balaban J connectivity index is 0.00000400. The van der Waals surface area contributed by atoms with E-state index in [0.717, 1.165) is 19.5 Å². The molecule has 0 spiro atoms. The molecule has 0 aliphatic heterocycles. The van der Waals surface area contributed by atoms with Crippen molar-refractivity contribution >= 4 is 47.2 Å². The van der Waals surface area contributed by atoms with E-state index in [1.807, 2.05) is 13.8 Å². The van der Waals surface area contributed by atoms with Gasteiger partial charge in [-0.25, -0.2) is 4.99 Å². The third-order valence-corrected chi connectivity index (χ3v) is 3.82. The lowest BCUT2D eigenvalue weighted by atomic mass is 10.4. The first-order valence-electron chi connectivity index (χ1n) is 7.06. The van der Waals surface area contributed by atoms with Crippen LogP contribution < -0.4 is 16.0 Å². The molecule has 120 valence electrons. The van der Waals surface area contributed by atoms with Crippen molar-refractivity contribution in [2.75, 3.05) is 19.6 Å². The number of carbonyl (C=O) groups is 1. The number of amides is 1. The lowest BCUT2D eigenvalue weighted by Crippen LogP contribution is -2.38. The number of nitrogens with zero attached hydrogens (tertiary/aromatic N) is 1. The third kappa shape index (κ3) is 8.25. The minimum atomic E-state index is -0.0610. The second kappa shape index (κ2) is 11.8. The van der Waals surface area contributed by atoms with Crippen molar-refractivity contribution in [2.24, 2.45) is 4.99 Å². The molecule has 0 atom stereocenters. The molecule has 0 bridgehead atoms. The van der Waals surface area contributed by atoms with E-state index in [2.05, 4.69) is 40.0 Å². The lowest BCUT2D eigenvalue weighted by molar-refractivity contribution is -0.119. The Morgan fingerprint density at radius 3 is 2.33 bits per heavy atom. The first-order chi connectivity index (χ1) is 9.69. The van der Waals surface area contributed by atoms with Gasteiger partial charge in [-0.05, 0) is 32.4 Å². The minimum Gasteiger partial charge on any atom is -0.357 e. The third-order valence-electron chi connectivity index (χ3n) is 2.59. The maximum Gasteiger partial charge on any atom is 0.241 e. The first kappa shape index (κ1) is 20.2. The molecule has 7 heteroatoms. The summed E-state index contributed by atoms with van der Waals surface area (Å²) in [7, 11) is 0. The van der Waals surface area contributed by atoms with Crippen LogP contribution in [-0.2, 0) is 17.8 Å². The summed E-state index contributed by atoms with van der Waals surface area (Å²) in [6.07, 6.45) is 1.07. The number of aliphatic imine (C=N–C) groups is 1. The molecule has 0 radical (unpaired) electrons. The maximum absolute atomic E-state index is 11.4. The van der Waals surface area contributed by atoms with E-state index in [1.54, 1.807) is 11.3 Å². The monoisotopic (exact) mass is 424 g/mol. The van der Waals surface area contributed by atoms with Gasteiger partial charge in [-0.15, -0.1) is 35.3 Å². The number of guanidine groups is 1. The number of likely N-dealkylation sites (N-methyl/N-ethyl adjacent to an activating group) is 1. The average Bonchev–Trinajstić information content (AvgIpc) is 2.90. The summed E-state index contributed by atoms with van der Waals surface area (Å²) in [5, 5.41) is 9.10. The van der Waals surface area contributed by atoms with E-state index in [9.17, 15) is 4.79 Å². The molecule has 0 fully saturated rings. The fraction of sp³-hybridized carbons (Fsp3) is 0.571. The SMILES string of the molecule is CCNC(=O)CN=C(NCC)NCc1ccc(CC)s1.I. The number of hydrogen-bond donors (Lipinski definition) is 3. The first-order valence-corrected chi connectivity index (χ1v) is 7.87.